The first-order chi connectivity index (χ1) is 9.97. The lowest BCUT2D eigenvalue weighted by Gasteiger charge is -2.11. The van der Waals surface area contributed by atoms with E-state index in [-0.39, 0.29) is 0 Å². The third kappa shape index (κ3) is 2.42. The molecule has 0 fully saturated rings. The van der Waals surface area contributed by atoms with Crippen LogP contribution in [0.5, 0.6) is 0 Å². The maximum Gasteiger partial charge on any atom is 0.124 e. The van der Waals surface area contributed by atoms with E-state index in [9.17, 15) is 0 Å². The lowest BCUT2D eigenvalue weighted by atomic mass is 10.1. The van der Waals surface area contributed by atoms with Crippen molar-refractivity contribution in [3.63, 3.8) is 0 Å². The third-order valence-electron chi connectivity index (χ3n) is 4.00. The van der Waals surface area contributed by atoms with Crippen LogP contribution >= 0.6 is 11.3 Å². The van der Waals surface area contributed by atoms with Crippen molar-refractivity contribution in [2.45, 2.75) is 20.8 Å². The van der Waals surface area contributed by atoms with Crippen LogP contribution in [0.15, 0.2) is 30.3 Å². The third-order valence-corrected chi connectivity index (χ3v) is 5.24. The molecule has 3 heteroatoms. The highest BCUT2D eigenvalue weighted by atomic mass is 32.1. The maximum absolute atomic E-state index is 4.88. The summed E-state index contributed by atoms with van der Waals surface area (Å²) in [6, 6.07) is 10.9. The first kappa shape index (κ1) is 14.1. The molecule has 3 aromatic rings. The smallest absolute Gasteiger partial charge is 0.124 e. The summed E-state index contributed by atoms with van der Waals surface area (Å²) in [4.78, 5) is 6.99. The largest absolute Gasteiger partial charge is 0.378 e. The van der Waals surface area contributed by atoms with E-state index in [0.717, 1.165) is 10.5 Å². The summed E-state index contributed by atoms with van der Waals surface area (Å²) in [5.41, 5.74) is 7.50. The molecule has 0 saturated carbocycles. The number of thiazole rings is 1. The molecule has 0 saturated heterocycles. The van der Waals surface area contributed by atoms with Crippen molar-refractivity contribution in [1.82, 2.24) is 4.98 Å². The number of rotatable bonds is 2. The van der Waals surface area contributed by atoms with Crippen LogP contribution in [0.1, 0.15) is 16.7 Å². The van der Waals surface area contributed by atoms with Gasteiger partial charge >= 0.3 is 0 Å². The van der Waals surface area contributed by atoms with E-state index in [0.29, 0.717) is 0 Å². The van der Waals surface area contributed by atoms with Crippen molar-refractivity contribution >= 4 is 27.2 Å². The molecule has 0 bridgehead atoms. The summed E-state index contributed by atoms with van der Waals surface area (Å²) in [6.45, 7) is 6.49. The fourth-order valence-electron chi connectivity index (χ4n) is 2.55. The van der Waals surface area contributed by atoms with Crippen LogP contribution in [0.2, 0.25) is 0 Å². The van der Waals surface area contributed by atoms with Crippen LogP contribution in [-0.4, -0.2) is 19.1 Å². The van der Waals surface area contributed by atoms with Gasteiger partial charge in [-0.3, -0.25) is 0 Å². The fourth-order valence-corrected chi connectivity index (χ4v) is 3.65. The monoisotopic (exact) mass is 296 g/mol. The zero-order valence-electron chi connectivity index (χ0n) is 13.2. The number of hydrogen-bond donors (Lipinski definition) is 0. The molecule has 2 aromatic carbocycles. The molecular weight excluding hydrogens is 276 g/mol. The Kier molecular flexibility index (Phi) is 3.46. The summed E-state index contributed by atoms with van der Waals surface area (Å²) in [6.07, 6.45) is 0. The van der Waals surface area contributed by atoms with Crippen molar-refractivity contribution in [3.8, 4) is 10.6 Å². The summed E-state index contributed by atoms with van der Waals surface area (Å²) < 4.78 is 1.31. The molecule has 0 aliphatic carbocycles. The molecule has 0 unspecified atom stereocenters. The lowest BCUT2D eigenvalue weighted by Crippen LogP contribution is -2.07. The van der Waals surface area contributed by atoms with Gasteiger partial charge in [0.15, 0.2) is 0 Å². The van der Waals surface area contributed by atoms with E-state index in [1.54, 1.807) is 11.3 Å². The van der Waals surface area contributed by atoms with Gasteiger partial charge in [-0.2, -0.15) is 0 Å². The summed E-state index contributed by atoms with van der Waals surface area (Å²) in [5, 5.41) is 1.10. The minimum Gasteiger partial charge on any atom is -0.378 e. The van der Waals surface area contributed by atoms with Crippen molar-refractivity contribution in [2.75, 3.05) is 19.0 Å². The quantitative estimate of drug-likeness (QED) is 0.665. The molecule has 3 rings (SSSR count). The average molecular weight is 296 g/mol. The van der Waals surface area contributed by atoms with E-state index < -0.39 is 0 Å². The van der Waals surface area contributed by atoms with Crippen LogP contribution < -0.4 is 4.90 Å². The second kappa shape index (κ2) is 5.15. The summed E-state index contributed by atoms with van der Waals surface area (Å²) in [5.74, 6) is 0. The minimum absolute atomic E-state index is 1.10. The van der Waals surface area contributed by atoms with Crippen LogP contribution in [-0.2, 0) is 0 Å². The second-order valence-electron chi connectivity index (χ2n) is 5.77. The number of anilines is 1. The lowest BCUT2D eigenvalue weighted by molar-refractivity contribution is 1.13. The van der Waals surface area contributed by atoms with Gasteiger partial charge < -0.3 is 4.90 Å². The normalized spacial score (nSPS) is 11.1. The summed E-state index contributed by atoms with van der Waals surface area (Å²) >= 11 is 1.79. The van der Waals surface area contributed by atoms with E-state index in [4.69, 9.17) is 4.98 Å². The predicted octanol–water partition coefficient (Wildman–Crippen LogP) is 4.95. The average Bonchev–Trinajstić information content (AvgIpc) is 2.91. The topological polar surface area (TPSA) is 16.1 Å². The minimum atomic E-state index is 1.10. The Morgan fingerprint density at radius 3 is 2.24 bits per heavy atom. The standard InChI is InChI=1S/C18H20N2S/c1-11-10-12(2)17-16(13(11)3)19-18(21-17)14-6-8-15(9-7-14)20(4)5/h6-10H,1-5H3. The number of hydrogen-bond acceptors (Lipinski definition) is 3. The van der Waals surface area contributed by atoms with Crippen LogP contribution in [0.3, 0.4) is 0 Å². The molecule has 0 amide bonds. The van der Waals surface area contributed by atoms with Gasteiger partial charge in [0.05, 0.1) is 10.2 Å². The zero-order chi connectivity index (χ0) is 15.1. The maximum atomic E-state index is 4.88. The van der Waals surface area contributed by atoms with Gasteiger partial charge in [-0.05, 0) is 61.7 Å². The van der Waals surface area contributed by atoms with E-state index in [2.05, 4.69) is 70.1 Å². The van der Waals surface area contributed by atoms with Crippen molar-refractivity contribution in [1.29, 1.82) is 0 Å². The van der Waals surface area contributed by atoms with Crippen molar-refractivity contribution < 1.29 is 0 Å². The molecule has 0 N–H and O–H groups in total. The number of benzene rings is 2. The zero-order valence-corrected chi connectivity index (χ0v) is 14.0. The Morgan fingerprint density at radius 2 is 1.62 bits per heavy atom. The number of aromatic nitrogens is 1. The number of fused-ring (bicyclic) bond motifs is 1. The number of aryl methyl sites for hydroxylation is 3. The van der Waals surface area contributed by atoms with Gasteiger partial charge in [-0.25, -0.2) is 4.98 Å². The van der Waals surface area contributed by atoms with Gasteiger partial charge in [-0.15, -0.1) is 11.3 Å². The van der Waals surface area contributed by atoms with Gasteiger partial charge in [-0.1, -0.05) is 6.07 Å². The van der Waals surface area contributed by atoms with Gasteiger partial charge in [0.2, 0.25) is 0 Å². The molecule has 0 aliphatic rings. The van der Waals surface area contributed by atoms with Crippen molar-refractivity contribution in [3.05, 3.63) is 47.0 Å². The summed E-state index contributed by atoms with van der Waals surface area (Å²) in [7, 11) is 4.12. The Morgan fingerprint density at radius 1 is 0.952 bits per heavy atom. The molecule has 0 aliphatic heterocycles. The Bertz CT molecular complexity index is 798. The van der Waals surface area contributed by atoms with E-state index in [1.807, 2.05) is 0 Å². The predicted molar refractivity (Wildman–Crippen MR) is 93.6 cm³/mol. The Balaban J connectivity index is 2.13. The molecule has 1 heterocycles. The van der Waals surface area contributed by atoms with Gasteiger partial charge in [0, 0.05) is 25.3 Å². The highest BCUT2D eigenvalue weighted by molar-refractivity contribution is 7.21. The molecule has 2 nitrogen and oxygen atoms in total. The molecule has 0 atom stereocenters. The first-order valence-corrected chi connectivity index (χ1v) is 7.94. The number of nitrogens with zero attached hydrogens (tertiary/aromatic N) is 2. The molecule has 0 radical (unpaired) electrons. The SMILES string of the molecule is Cc1cc(C)c2sc(-c3ccc(N(C)C)cc3)nc2c1C. The van der Waals surface area contributed by atoms with E-state index in [1.165, 1.54) is 32.6 Å². The molecular formula is C18H20N2S. The second-order valence-corrected chi connectivity index (χ2v) is 6.77. The van der Waals surface area contributed by atoms with Crippen molar-refractivity contribution in [2.24, 2.45) is 0 Å². The van der Waals surface area contributed by atoms with Gasteiger partial charge in [0.1, 0.15) is 5.01 Å². The van der Waals surface area contributed by atoms with Crippen LogP contribution in [0.4, 0.5) is 5.69 Å². The molecule has 0 spiro atoms. The molecule has 1 aromatic heterocycles. The fraction of sp³-hybridized carbons (Fsp3) is 0.278. The van der Waals surface area contributed by atoms with Crippen LogP contribution in [0.25, 0.3) is 20.8 Å². The highest BCUT2D eigenvalue weighted by Crippen LogP contribution is 2.35. The van der Waals surface area contributed by atoms with E-state index >= 15 is 0 Å². The Labute approximate surface area is 130 Å². The molecule has 21 heavy (non-hydrogen) atoms. The van der Waals surface area contributed by atoms with Crippen LogP contribution in [0, 0.1) is 20.8 Å². The van der Waals surface area contributed by atoms with Gasteiger partial charge in [0.25, 0.3) is 0 Å². The first-order valence-electron chi connectivity index (χ1n) is 7.12. The molecule has 108 valence electrons. The highest BCUT2D eigenvalue weighted by Gasteiger charge is 2.12. The Hall–Kier alpha value is -1.87.